The van der Waals surface area contributed by atoms with Crippen molar-refractivity contribution in [2.75, 3.05) is 17.4 Å². The number of nitrogens with two attached hydrogens (primary N) is 1. The number of rotatable bonds is 6. The maximum atomic E-state index is 11.6. The third kappa shape index (κ3) is 4.70. The minimum absolute atomic E-state index is 0.249. The SMILES string of the molecule is CC(=O)OCCc1c(N)cc(N(C=O)OC(C)(C)C)c2ccccc12. The number of benzene rings is 2. The Kier molecular flexibility index (Phi) is 5.64. The standard InChI is InChI=1S/C19H24N2O4/c1-13(23)24-10-9-15-14-7-5-6-8-16(14)18(11-17(15)20)21(12-22)25-19(2,3)4/h5-8,11-12H,9-10,20H2,1-4H3. The molecule has 6 nitrogen and oxygen atoms in total. The van der Waals surface area contributed by atoms with Crippen LogP contribution in [0.2, 0.25) is 0 Å². The highest BCUT2D eigenvalue weighted by molar-refractivity contribution is 6.02. The number of ether oxygens (including phenoxy) is 1. The summed E-state index contributed by atoms with van der Waals surface area (Å²) in [5, 5.41) is 2.94. The van der Waals surface area contributed by atoms with Crippen LogP contribution in [-0.4, -0.2) is 24.6 Å². The third-order valence-corrected chi connectivity index (χ3v) is 3.53. The summed E-state index contributed by atoms with van der Waals surface area (Å²) in [5.41, 5.74) is 7.66. The van der Waals surface area contributed by atoms with Crippen molar-refractivity contribution >= 4 is 34.5 Å². The monoisotopic (exact) mass is 344 g/mol. The van der Waals surface area contributed by atoms with Crippen LogP contribution in [0, 0.1) is 0 Å². The Morgan fingerprint density at radius 1 is 1.24 bits per heavy atom. The lowest BCUT2D eigenvalue weighted by Crippen LogP contribution is -2.33. The Bertz CT molecular complexity index is 781. The zero-order valence-electron chi connectivity index (χ0n) is 15.0. The van der Waals surface area contributed by atoms with Gasteiger partial charge in [-0.1, -0.05) is 24.3 Å². The molecule has 0 aliphatic heterocycles. The van der Waals surface area contributed by atoms with Crippen LogP contribution >= 0.6 is 0 Å². The van der Waals surface area contributed by atoms with Crippen LogP contribution in [0.3, 0.4) is 0 Å². The first-order chi connectivity index (χ1) is 11.7. The van der Waals surface area contributed by atoms with Gasteiger partial charge in [0.1, 0.15) is 0 Å². The van der Waals surface area contributed by atoms with Crippen molar-refractivity contribution in [3.05, 3.63) is 35.9 Å². The highest BCUT2D eigenvalue weighted by Gasteiger charge is 2.21. The van der Waals surface area contributed by atoms with E-state index in [1.165, 1.54) is 12.0 Å². The average Bonchev–Trinajstić information content (AvgIpc) is 2.53. The minimum Gasteiger partial charge on any atom is -0.466 e. The van der Waals surface area contributed by atoms with E-state index in [2.05, 4.69) is 0 Å². The molecule has 2 N–H and O–H groups in total. The Labute approximate surface area is 147 Å². The molecule has 2 rings (SSSR count). The summed E-state index contributed by atoms with van der Waals surface area (Å²) in [4.78, 5) is 28.3. The molecule has 0 bridgehead atoms. The second-order valence-corrected chi connectivity index (χ2v) is 6.73. The molecule has 6 heteroatoms. The summed E-state index contributed by atoms with van der Waals surface area (Å²) in [5.74, 6) is -0.329. The van der Waals surface area contributed by atoms with Gasteiger partial charge in [0.2, 0.25) is 6.41 Å². The van der Waals surface area contributed by atoms with Gasteiger partial charge >= 0.3 is 5.97 Å². The number of amides is 1. The summed E-state index contributed by atoms with van der Waals surface area (Å²) < 4.78 is 5.03. The predicted molar refractivity (Wildman–Crippen MR) is 98.1 cm³/mol. The van der Waals surface area contributed by atoms with Gasteiger partial charge in [-0.15, -0.1) is 0 Å². The lowest BCUT2D eigenvalue weighted by Gasteiger charge is -2.28. The molecule has 0 fully saturated rings. The van der Waals surface area contributed by atoms with Crippen LogP contribution in [0.4, 0.5) is 11.4 Å². The Morgan fingerprint density at radius 3 is 2.44 bits per heavy atom. The topological polar surface area (TPSA) is 81.9 Å². The molecule has 0 unspecified atom stereocenters. The van der Waals surface area contributed by atoms with Crippen LogP contribution in [0.5, 0.6) is 0 Å². The minimum atomic E-state index is -0.537. The Balaban J connectivity index is 2.50. The van der Waals surface area contributed by atoms with Crippen LogP contribution in [0.15, 0.2) is 30.3 Å². The second-order valence-electron chi connectivity index (χ2n) is 6.73. The van der Waals surface area contributed by atoms with Gasteiger partial charge in [-0.2, -0.15) is 5.06 Å². The summed E-state index contributed by atoms with van der Waals surface area (Å²) in [6, 6.07) is 9.33. The summed E-state index contributed by atoms with van der Waals surface area (Å²) in [7, 11) is 0. The molecular formula is C19H24N2O4. The average molecular weight is 344 g/mol. The number of anilines is 2. The molecule has 2 aromatic rings. The van der Waals surface area contributed by atoms with Gasteiger partial charge in [-0.25, -0.2) is 0 Å². The van der Waals surface area contributed by atoms with Crippen molar-refractivity contribution < 1.29 is 19.2 Å². The molecule has 0 radical (unpaired) electrons. The number of nitrogens with zero attached hydrogens (tertiary/aromatic N) is 1. The zero-order valence-corrected chi connectivity index (χ0v) is 15.0. The van der Waals surface area contributed by atoms with Crippen molar-refractivity contribution in [1.29, 1.82) is 0 Å². The smallest absolute Gasteiger partial charge is 0.302 e. The van der Waals surface area contributed by atoms with Gasteiger partial charge < -0.3 is 10.5 Å². The van der Waals surface area contributed by atoms with E-state index in [9.17, 15) is 9.59 Å². The first kappa shape index (κ1) is 18.7. The van der Waals surface area contributed by atoms with Gasteiger partial charge in [0.25, 0.3) is 0 Å². The zero-order chi connectivity index (χ0) is 18.6. The molecule has 0 aliphatic rings. The van der Waals surface area contributed by atoms with Gasteiger partial charge in [0.05, 0.1) is 17.9 Å². The highest BCUT2D eigenvalue weighted by atomic mass is 16.7. The molecule has 0 spiro atoms. The van der Waals surface area contributed by atoms with Crippen LogP contribution < -0.4 is 10.8 Å². The van der Waals surface area contributed by atoms with Crippen LogP contribution in [0.1, 0.15) is 33.3 Å². The lowest BCUT2D eigenvalue weighted by atomic mass is 9.98. The van der Waals surface area contributed by atoms with E-state index < -0.39 is 5.60 Å². The maximum absolute atomic E-state index is 11.6. The number of carbonyl (C=O) groups excluding carboxylic acids is 2. The number of hydroxylamine groups is 1. The first-order valence-corrected chi connectivity index (χ1v) is 8.10. The van der Waals surface area contributed by atoms with E-state index in [4.69, 9.17) is 15.3 Å². The summed E-state index contributed by atoms with van der Waals surface area (Å²) >= 11 is 0. The second kappa shape index (κ2) is 7.53. The molecule has 134 valence electrons. The maximum Gasteiger partial charge on any atom is 0.302 e. The summed E-state index contributed by atoms with van der Waals surface area (Å²) in [6.45, 7) is 7.21. The van der Waals surface area contributed by atoms with Crippen molar-refractivity contribution in [3.63, 3.8) is 0 Å². The summed E-state index contributed by atoms with van der Waals surface area (Å²) in [6.07, 6.45) is 1.12. The number of esters is 1. The molecule has 0 aliphatic carbocycles. The normalized spacial score (nSPS) is 11.4. The van der Waals surface area contributed by atoms with Crippen molar-refractivity contribution in [1.82, 2.24) is 0 Å². The molecule has 0 saturated heterocycles. The van der Waals surface area contributed by atoms with Gasteiger partial charge in [0.15, 0.2) is 0 Å². The van der Waals surface area contributed by atoms with Gasteiger partial charge in [0, 0.05) is 24.4 Å². The number of hydrogen-bond acceptors (Lipinski definition) is 5. The largest absolute Gasteiger partial charge is 0.466 e. The molecule has 0 atom stereocenters. The molecule has 0 saturated carbocycles. The number of hydrogen-bond donors (Lipinski definition) is 1. The number of nitrogen functional groups attached to an aromatic ring is 1. The van der Waals surface area contributed by atoms with Crippen LogP contribution in [-0.2, 0) is 25.6 Å². The van der Waals surface area contributed by atoms with E-state index in [0.29, 0.717) is 24.2 Å². The Hall–Kier alpha value is -2.60. The molecule has 2 aromatic carbocycles. The molecular weight excluding hydrogens is 320 g/mol. The third-order valence-electron chi connectivity index (χ3n) is 3.53. The van der Waals surface area contributed by atoms with Gasteiger partial charge in [-0.05, 0) is 37.8 Å². The molecule has 0 heterocycles. The number of fused-ring (bicyclic) bond motifs is 1. The fraction of sp³-hybridized carbons (Fsp3) is 0.368. The van der Waals surface area contributed by atoms with E-state index in [-0.39, 0.29) is 12.6 Å². The molecule has 25 heavy (non-hydrogen) atoms. The molecule has 1 amide bonds. The fourth-order valence-electron chi connectivity index (χ4n) is 2.62. The fourth-order valence-corrected chi connectivity index (χ4v) is 2.62. The van der Waals surface area contributed by atoms with Crippen molar-refractivity contribution in [2.24, 2.45) is 0 Å². The van der Waals surface area contributed by atoms with E-state index >= 15 is 0 Å². The lowest BCUT2D eigenvalue weighted by molar-refractivity contribution is -0.140. The van der Waals surface area contributed by atoms with Crippen LogP contribution in [0.25, 0.3) is 10.8 Å². The number of carbonyl (C=O) groups is 2. The quantitative estimate of drug-likeness (QED) is 0.376. The first-order valence-electron chi connectivity index (χ1n) is 8.10. The molecule has 0 aromatic heterocycles. The van der Waals surface area contributed by atoms with Crippen molar-refractivity contribution in [3.8, 4) is 0 Å². The van der Waals surface area contributed by atoms with Crippen molar-refractivity contribution in [2.45, 2.75) is 39.7 Å². The van der Waals surface area contributed by atoms with Gasteiger partial charge in [-0.3, -0.25) is 14.4 Å². The van der Waals surface area contributed by atoms with E-state index in [0.717, 1.165) is 16.3 Å². The van der Waals surface area contributed by atoms with E-state index in [1.807, 2.05) is 45.0 Å². The predicted octanol–water partition coefficient (Wildman–Crippen LogP) is 3.22. The Morgan fingerprint density at radius 2 is 1.88 bits per heavy atom. The van der Waals surface area contributed by atoms with E-state index in [1.54, 1.807) is 6.07 Å². The highest BCUT2D eigenvalue weighted by Crippen LogP contribution is 2.34.